The zero-order chi connectivity index (χ0) is 12.3. The molecule has 5 heteroatoms. The summed E-state index contributed by atoms with van der Waals surface area (Å²) in [5, 5.41) is 7.61. The van der Waals surface area contributed by atoms with Crippen LogP contribution in [-0.4, -0.2) is 22.9 Å². The maximum atomic E-state index is 11.8. The summed E-state index contributed by atoms with van der Waals surface area (Å²) in [6.45, 7) is 2.49. The van der Waals surface area contributed by atoms with Crippen LogP contribution in [0.2, 0.25) is 0 Å². The smallest absolute Gasteiger partial charge is 0.273 e. The number of nitrogens with zero attached hydrogens (tertiary/aromatic N) is 1. The molecule has 4 nitrogen and oxygen atoms in total. The minimum atomic E-state index is -0.144. The molecule has 1 saturated carbocycles. The van der Waals surface area contributed by atoms with Gasteiger partial charge in [-0.3, -0.25) is 4.79 Å². The Morgan fingerprint density at radius 1 is 1.59 bits per heavy atom. The van der Waals surface area contributed by atoms with Gasteiger partial charge >= 0.3 is 0 Å². The summed E-state index contributed by atoms with van der Waals surface area (Å²) in [6, 6.07) is 1.66. The van der Waals surface area contributed by atoms with E-state index in [2.05, 4.69) is 26.4 Å². The Bertz CT molecular complexity index is 397. The highest BCUT2D eigenvalue weighted by atomic mass is 79.9. The number of hydrogen-bond donors (Lipinski definition) is 1. The van der Waals surface area contributed by atoms with Gasteiger partial charge in [-0.2, -0.15) is 0 Å². The molecule has 1 aliphatic carbocycles. The van der Waals surface area contributed by atoms with E-state index in [4.69, 9.17) is 4.52 Å². The molecule has 0 spiro atoms. The van der Waals surface area contributed by atoms with Crippen molar-refractivity contribution in [1.82, 2.24) is 10.5 Å². The second-order valence-electron chi connectivity index (χ2n) is 4.85. The van der Waals surface area contributed by atoms with Crippen molar-refractivity contribution in [1.29, 1.82) is 0 Å². The first-order valence-corrected chi connectivity index (χ1v) is 7.05. The summed E-state index contributed by atoms with van der Waals surface area (Å²) in [7, 11) is 0. The number of aryl methyl sites for hydroxylation is 1. The van der Waals surface area contributed by atoms with Gasteiger partial charge in [-0.15, -0.1) is 0 Å². The third-order valence-electron chi connectivity index (χ3n) is 3.43. The van der Waals surface area contributed by atoms with Gasteiger partial charge in [0.05, 0.1) is 0 Å². The van der Waals surface area contributed by atoms with Gasteiger partial charge in [0.25, 0.3) is 5.91 Å². The van der Waals surface area contributed by atoms with Crippen LogP contribution in [-0.2, 0) is 0 Å². The van der Waals surface area contributed by atoms with Gasteiger partial charge in [0.15, 0.2) is 5.69 Å². The van der Waals surface area contributed by atoms with Crippen LogP contribution < -0.4 is 5.32 Å². The molecule has 0 atom stereocenters. The van der Waals surface area contributed by atoms with Crippen LogP contribution in [0.15, 0.2) is 10.6 Å². The number of aromatic nitrogens is 1. The Hall–Kier alpha value is -0.840. The standard InChI is InChI=1S/C12H17BrN2O2/c1-9-6-10(15-17-9)11(16)14-8-12(7-13)4-2-3-5-12/h6H,2-5,7-8H2,1H3,(H,14,16). The minimum absolute atomic E-state index is 0.144. The fraction of sp³-hybridized carbons (Fsp3) is 0.667. The highest BCUT2D eigenvalue weighted by Crippen LogP contribution is 2.38. The fourth-order valence-electron chi connectivity index (χ4n) is 2.31. The van der Waals surface area contributed by atoms with Crippen LogP contribution in [0.4, 0.5) is 0 Å². The first kappa shape index (κ1) is 12.6. The monoisotopic (exact) mass is 300 g/mol. The predicted octanol–water partition coefficient (Wildman–Crippen LogP) is 2.67. The molecule has 1 N–H and O–H groups in total. The summed E-state index contributed by atoms with van der Waals surface area (Å²) >= 11 is 3.56. The van der Waals surface area contributed by atoms with Crippen molar-refractivity contribution >= 4 is 21.8 Å². The molecule has 1 aromatic rings. The van der Waals surface area contributed by atoms with Crippen LogP contribution >= 0.6 is 15.9 Å². The van der Waals surface area contributed by atoms with Crippen molar-refractivity contribution in [3.63, 3.8) is 0 Å². The molecule has 94 valence electrons. The molecule has 1 aromatic heterocycles. The van der Waals surface area contributed by atoms with Crippen molar-refractivity contribution in [3.05, 3.63) is 17.5 Å². The SMILES string of the molecule is Cc1cc(C(=O)NCC2(CBr)CCCC2)no1. The summed E-state index contributed by atoms with van der Waals surface area (Å²) < 4.78 is 4.89. The Balaban J connectivity index is 1.91. The van der Waals surface area contributed by atoms with Crippen LogP contribution in [0.25, 0.3) is 0 Å². The number of carbonyl (C=O) groups excluding carboxylic acids is 1. The van der Waals surface area contributed by atoms with Gasteiger partial charge in [-0.05, 0) is 25.2 Å². The quantitative estimate of drug-likeness (QED) is 0.870. The van der Waals surface area contributed by atoms with E-state index in [0.717, 1.165) is 5.33 Å². The van der Waals surface area contributed by atoms with Crippen molar-refractivity contribution in [2.75, 3.05) is 11.9 Å². The average molecular weight is 301 g/mol. The zero-order valence-electron chi connectivity index (χ0n) is 9.96. The van der Waals surface area contributed by atoms with Gasteiger partial charge in [0, 0.05) is 17.9 Å². The van der Waals surface area contributed by atoms with E-state index >= 15 is 0 Å². The highest BCUT2D eigenvalue weighted by Gasteiger charge is 2.33. The van der Waals surface area contributed by atoms with E-state index in [0.29, 0.717) is 18.0 Å². The van der Waals surface area contributed by atoms with E-state index < -0.39 is 0 Å². The minimum Gasteiger partial charge on any atom is -0.361 e. The molecule has 0 unspecified atom stereocenters. The Morgan fingerprint density at radius 2 is 2.29 bits per heavy atom. The normalized spacial score (nSPS) is 18.2. The lowest BCUT2D eigenvalue weighted by molar-refractivity contribution is 0.0926. The molecule has 0 saturated heterocycles. The predicted molar refractivity (Wildman–Crippen MR) is 68.3 cm³/mol. The second-order valence-corrected chi connectivity index (χ2v) is 5.41. The summed E-state index contributed by atoms with van der Waals surface area (Å²) in [5.41, 5.74) is 0.597. The Morgan fingerprint density at radius 3 is 2.82 bits per heavy atom. The average Bonchev–Trinajstić information content (AvgIpc) is 2.95. The fourth-order valence-corrected chi connectivity index (χ4v) is 3.07. The lowest BCUT2D eigenvalue weighted by Gasteiger charge is -2.26. The van der Waals surface area contributed by atoms with Crippen LogP contribution in [0.1, 0.15) is 41.9 Å². The van der Waals surface area contributed by atoms with Crippen molar-refractivity contribution in [2.45, 2.75) is 32.6 Å². The van der Waals surface area contributed by atoms with E-state index in [1.807, 2.05) is 0 Å². The van der Waals surface area contributed by atoms with E-state index in [9.17, 15) is 4.79 Å². The third-order valence-corrected chi connectivity index (χ3v) is 4.62. The van der Waals surface area contributed by atoms with Crippen LogP contribution in [0, 0.1) is 12.3 Å². The number of alkyl halides is 1. The molecule has 1 heterocycles. The Kier molecular flexibility index (Phi) is 3.86. The maximum absolute atomic E-state index is 11.8. The molecule has 0 bridgehead atoms. The van der Waals surface area contributed by atoms with Crippen molar-refractivity contribution in [2.24, 2.45) is 5.41 Å². The number of hydrogen-bond acceptors (Lipinski definition) is 3. The largest absolute Gasteiger partial charge is 0.361 e. The maximum Gasteiger partial charge on any atom is 0.273 e. The zero-order valence-corrected chi connectivity index (χ0v) is 11.5. The molecule has 0 radical (unpaired) electrons. The first-order chi connectivity index (χ1) is 8.15. The van der Waals surface area contributed by atoms with Crippen molar-refractivity contribution < 1.29 is 9.32 Å². The topological polar surface area (TPSA) is 55.1 Å². The number of nitrogens with one attached hydrogen (secondary N) is 1. The molecule has 0 aromatic carbocycles. The first-order valence-electron chi connectivity index (χ1n) is 5.93. The van der Waals surface area contributed by atoms with Crippen LogP contribution in [0.3, 0.4) is 0 Å². The van der Waals surface area contributed by atoms with Gasteiger partial charge in [-0.25, -0.2) is 0 Å². The molecule has 1 amide bonds. The van der Waals surface area contributed by atoms with Gasteiger partial charge in [-0.1, -0.05) is 33.9 Å². The number of amides is 1. The third kappa shape index (κ3) is 2.89. The molecule has 17 heavy (non-hydrogen) atoms. The van der Waals surface area contributed by atoms with Crippen molar-refractivity contribution in [3.8, 4) is 0 Å². The van der Waals surface area contributed by atoms with E-state index in [1.54, 1.807) is 13.0 Å². The summed E-state index contributed by atoms with van der Waals surface area (Å²) in [4.78, 5) is 11.8. The molecule has 1 fully saturated rings. The van der Waals surface area contributed by atoms with Gasteiger partial charge in [0.2, 0.25) is 0 Å². The van der Waals surface area contributed by atoms with E-state index in [-0.39, 0.29) is 11.3 Å². The Labute approximate surface area is 109 Å². The lowest BCUT2D eigenvalue weighted by Crippen LogP contribution is -2.37. The van der Waals surface area contributed by atoms with Crippen LogP contribution in [0.5, 0.6) is 0 Å². The second kappa shape index (κ2) is 5.21. The molecule has 2 rings (SSSR count). The lowest BCUT2D eigenvalue weighted by atomic mass is 9.89. The summed E-state index contributed by atoms with van der Waals surface area (Å²) in [6.07, 6.45) is 4.86. The molecular formula is C12H17BrN2O2. The molecular weight excluding hydrogens is 284 g/mol. The molecule has 1 aliphatic rings. The van der Waals surface area contributed by atoms with Gasteiger partial charge < -0.3 is 9.84 Å². The van der Waals surface area contributed by atoms with E-state index in [1.165, 1.54) is 25.7 Å². The number of rotatable bonds is 4. The summed E-state index contributed by atoms with van der Waals surface area (Å²) in [5.74, 6) is 0.514. The number of halogens is 1. The molecule has 0 aliphatic heterocycles. The highest BCUT2D eigenvalue weighted by molar-refractivity contribution is 9.09. The van der Waals surface area contributed by atoms with Gasteiger partial charge in [0.1, 0.15) is 5.76 Å². The number of carbonyl (C=O) groups is 1.